The molecule has 61 heavy (non-hydrogen) atoms. The monoisotopic (exact) mass is 863 g/mol. The fourth-order valence-electron chi connectivity index (χ4n) is 8.34. The fraction of sp³-hybridized carbons (Fsp3) is 0.945. The van der Waals surface area contributed by atoms with E-state index in [9.17, 15) is 14.4 Å². The molecule has 0 unspecified atom stereocenters. The molecule has 6 nitrogen and oxygen atoms in total. The van der Waals surface area contributed by atoms with E-state index < -0.39 is 6.10 Å². The summed E-state index contributed by atoms with van der Waals surface area (Å²) in [6, 6.07) is 0. The molecule has 0 spiro atoms. The van der Waals surface area contributed by atoms with Crippen molar-refractivity contribution >= 4 is 17.9 Å². The quantitative estimate of drug-likeness (QED) is 0.0344. The molecule has 0 N–H and O–H groups in total. The zero-order valence-electron chi connectivity index (χ0n) is 41.8. The maximum absolute atomic E-state index is 12.8. The zero-order valence-corrected chi connectivity index (χ0v) is 41.8. The first-order valence-corrected chi connectivity index (χ1v) is 27.2. The van der Waals surface area contributed by atoms with Crippen molar-refractivity contribution in [3.8, 4) is 0 Å². The molecule has 0 amide bonds. The van der Waals surface area contributed by atoms with Gasteiger partial charge in [-0.25, -0.2) is 0 Å². The molecule has 0 saturated heterocycles. The predicted molar refractivity (Wildman–Crippen MR) is 261 cm³/mol. The summed E-state index contributed by atoms with van der Waals surface area (Å²) in [7, 11) is 0. The summed E-state index contributed by atoms with van der Waals surface area (Å²) < 4.78 is 16.8. The van der Waals surface area contributed by atoms with Crippen molar-refractivity contribution < 1.29 is 28.6 Å². The fourth-order valence-corrected chi connectivity index (χ4v) is 8.34. The molecule has 0 radical (unpaired) electrons. The summed E-state index contributed by atoms with van der Waals surface area (Å²) in [5.74, 6) is 0.823. The van der Waals surface area contributed by atoms with Gasteiger partial charge < -0.3 is 14.2 Å². The molecule has 0 aliphatic rings. The van der Waals surface area contributed by atoms with Gasteiger partial charge in [0.05, 0.1) is 0 Å². The van der Waals surface area contributed by atoms with E-state index in [2.05, 4.69) is 34.6 Å². The third-order valence-corrected chi connectivity index (χ3v) is 12.5. The highest BCUT2D eigenvalue weighted by atomic mass is 16.6. The summed E-state index contributed by atoms with van der Waals surface area (Å²) in [6.45, 7) is 11.4. The summed E-state index contributed by atoms with van der Waals surface area (Å²) in [5, 5.41) is 0. The second-order valence-electron chi connectivity index (χ2n) is 19.8. The van der Waals surface area contributed by atoms with Crippen molar-refractivity contribution in [1.82, 2.24) is 0 Å². The number of carbonyl (C=O) groups excluding carboxylic acids is 3. The Kier molecular flexibility index (Phi) is 46.6. The van der Waals surface area contributed by atoms with Crippen LogP contribution in [0.4, 0.5) is 0 Å². The number of ether oxygens (including phenoxy) is 3. The van der Waals surface area contributed by atoms with Gasteiger partial charge in [-0.2, -0.15) is 0 Å². The van der Waals surface area contributed by atoms with Crippen LogP contribution in [0.15, 0.2) is 0 Å². The molecule has 0 saturated carbocycles. The van der Waals surface area contributed by atoms with Crippen LogP contribution >= 0.6 is 0 Å². The van der Waals surface area contributed by atoms with Crippen LogP contribution in [0.5, 0.6) is 0 Å². The number of rotatable bonds is 49. The van der Waals surface area contributed by atoms with Crippen LogP contribution in [0.2, 0.25) is 0 Å². The highest BCUT2D eigenvalue weighted by Gasteiger charge is 2.19. The number of esters is 3. The van der Waals surface area contributed by atoms with Gasteiger partial charge in [-0.05, 0) is 31.1 Å². The lowest BCUT2D eigenvalue weighted by Gasteiger charge is -2.18. The van der Waals surface area contributed by atoms with Crippen LogP contribution in [-0.2, 0) is 28.6 Å². The second-order valence-corrected chi connectivity index (χ2v) is 19.8. The third kappa shape index (κ3) is 49.3. The molecule has 0 fully saturated rings. The topological polar surface area (TPSA) is 78.9 Å². The highest BCUT2D eigenvalue weighted by Crippen LogP contribution is 2.18. The Hall–Kier alpha value is -1.59. The Balaban J connectivity index is 4.27. The smallest absolute Gasteiger partial charge is 0.306 e. The molecule has 0 aromatic carbocycles. The molecular formula is C55H106O6. The van der Waals surface area contributed by atoms with Crippen molar-refractivity contribution in [2.45, 2.75) is 310 Å². The SMILES string of the molecule is CCCCCCCCCCCCCCC(=O)O[C@@H](COC(=O)CCCCCCCCCCCCCCCCCC(C)C)COC(=O)CCCCCCCCCCCCC(C)C. The summed E-state index contributed by atoms with van der Waals surface area (Å²) in [6.07, 6.45) is 49.5. The molecule has 6 heteroatoms. The molecule has 0 aromatic rings. The average molecular weight is 863 g/mol. The number of unbranched alkanes of at least 4 members (excludes halogenated alkanes) is 34. The van der Waals surface area contributed by atoms with Crippen molar-refractivity contribution in [2.24, 2.45) is 11.8 Å². The van der Waals surface area contributed by atoms with Gasteiger partial charge in [0.2, 0.25) is 0 Å². The van der Waals surface area contributed by atoms with E-state index in [0.29, 0.717) is 19.3 Å². The summed E-state index contributed by atoms with van der Waals surface area (Å²) in [5.41, 5.74) is 0. The molecule has 362 valence electrons. The molecule has 0 aliphatic heterocycles. The van der Waals surface area contributed by atoms with E-state index in [1.54, 1.807) is 0 Å². The van der Waals surface area contributed by atoms with Gasteiger partial charge in [0.15, 0.2) is 6.10 Å². The van der Waals surface area contributed by atoms with Crippen LogP contribution in [0.1, 0.15) is 304 Å². The van der Waals surface area contributed by atoms with Crippen LogP contribution in [0.25, 0.3) is 0 Å². The molecule has 0 aromatic heterocycles. The van der Waals surface area contributed by atoms with Crippen molar-refractivity contribution in [2.75, 3.05) is 13.2 Å². The Morgan fingerprint density at radius 1 is 0.311 bits per heavy atom. The van der Waals surface area contributed by atoms with E-state index in [1.165, 1.54) is 193 Å². The standard InChI is InChI=1S/C55H106O6/c1-6-7-8-9-10-11-12-19-27-32-37-42-47-55(58)61-52(49-60-54(57)46-41-36-31-26-22-21-24-29-34-39-44-51(4)5)48-59-53(56)45-40-35-30-25-20-17-15-13-14-16-18-23-28-33-38-43-50(2)3/h50-52H,6-49H2,1-5H3/t52-/m0/s1. The largest absolute Gasteiger partial charge is 0.462 e. The number of hydrogen-bond donors (Lipinski definition) is 0. The first-order valence-electron chi connectivity index (χ1n) is 27.2. The normalized spacial score (nSPS) is 12.0. The molecule has 0 bridgehead atoms. The molecule has 1 atom stereocenters. The predicted octanol–water partition coefficient (Wildman–Crippen LogP) is 17.7. The Morgan fingerprint density at radius 3 is 0.803 bits per heavy atom. The Bertz CT molecular complexity index is 931. The minimum absolute atomic E-state index is 0.0632. The van der Waals surface area contributed by atoms with Crippen molar-refractivity contribution in [3.05, 3.63) is 0 Å². The van der Waals surface area contributed by atoms with E-state index in [1.807, 2.05) is 0 Å². The lowest BCUT2D eigenvalue weighted by molar-refractivity contribution is -0.167. The van der Waals surface area contributed by atoms with E-state index in [-0.39, 0.29) is 31.1 Å². The highest BCUT2D eigenvalue weighted by molar-refractivity contribution is 5.71. The average Bonchev–Trinajstić information content (AvgIpc) is 3.23. The van der Waals surface area contributed by atoms with Gasteiger partial charge >= 0.3 is 17.9 Å². The Labute approximate surface area is 380 Å². The molecule has 0 heterocycles. The zero-order chi connectivity index (χ0) is 44.7. The maximum atomic E-state index is 12.8. The summed E-state index contributed by atoms with van der Waals surface area (Å²) >= 11 is 0. The first kappa shape index (κ1) is 59.4. The lowest BCUT2D eigenvalue weighted by Crippen LogP contribution is -2.30. The van der Waals surface area contributed by atoms with Crippen LogP contribution in [0, 0.1) is 11.8 Å². The van der Waals surface area contributed by atoms with Gasteiger partial charge in [-0.15, -0.1) is 0 Å². The third-order valence-electron chi connectivity index (χ3n) is 12.5. The van der Waals surface area contributed by atoms with Gasteiger partial charge in [-0.1, -0.05) is 266 Å². The van der Waals surface area contributed by atoms with Crippen LogP contribution < -0.4 is 0 Å². The van der Waals surface area contributed by atoms with Gasteiger partial charge in [-0.3, -0.25) is 14.4 Å². The first-order chi connectivity index (χ1) is 29.7. The van der Waals surface area contributed by atoms with Gasteiger partial charge in [0.25, 0.3) is 0 Å². The van der Waals surface area contributed by atoms with Crippen molar-refractivity contribution in [3.63, 3.8) is 0 Å². The molecule has 0 aliphatic carbocycles. The maximum Gasteiger partial charge on any atom is 0.306 e. The van der Waals surface area contributed by atoms with E-state index in [4.69, 9.17) is 14.2 Å². The van der Waals surface area contributed by atoms with E-state index >= 15 is 0 Å². The van der Waals surface area contributed by atoms with Crippen molar-refractivity contribution in [1.29, 1.82) is 0 Å². The summed E-state index contributed by atoms with van der Waals surface area (Å²) in [4.78, 5) is 38.0. The molecule has 0 rings (SSSR count). The van der Waals surface area contributed by atoms with Gasteiger partial charge in [0.1, 0.15) is 13.2 Å². The Morgan fingerprint density at radius 2 is 0.541 bits per heavy atom. The van der Waals surface area contributed by atoms with Crippen LogP contribution in [-0.4, -0.2) is 37.2 Å². The minimum atomic E-state index is -0.761. The number of hydrogen-bond acceptors (Lipinski definition) is 6. The van der Waals surface area contributed by atoms with E-state index in [0.717, 1.165) is 69.6 Å². The van der Waals surface area contributed by atoms with Crippen LogP contribution in [0.3, 0.4) is 0 Å². The minimum Gasteiger partial charge on any atom is -0.462 e. The number of carbonyl (C=O) groups is 3. The lowest BCUT2D eigenvalue weighted by atomic mass is 10.0. The second kappa shape index (κ2) is 47.9. The van der Waals surface area contributed by atoms with Gasteiger partial charge in [0, 0.05) is 19.3 Å². The molecular weight excluding hydrogens is 757 g/mol.